The molecule has 2 amide bonds. The molecule has 2 N–H and O–H groups in total. The highest BCUT2D eigenvalue weighted by Crippen LogP contribution is 2.33. The number of aromatic nitrogens is 4. The van der Waals surface area contributed by atoms with Crippen LogP contribution in [0.15, 0.2) is 58.9 Å². The van der Waals surface area contributed by atoms with E-state index in [0.717, 1.165) is 11.8 Å². The maximum Gasteiger partial charge on any atom is 0.324 e. The first-order chi connectivity index (χ1) is 16.9. The molecule has 3 heterocycles. The maximum atomic E-state index is 14.8. The fraction of sp³-hybridized carbons (Fsp3) is 0.273. The van der Waals surface area contributed by atoms with Crippen LogP contribution >= 0.6 is 0 Å². The Morgan fingerprint density at radius 1 is 1.14 bits per heavy atom. The number of aliphatic imine (C=N–C) groups is 1. The number of halogens is 3. The summed E-state index contributed by atoms with van der Waals surface area (Å²) in [6.45, 7) is 2.20. The number of carbonyl (C=O) groups is 1. The Morgan fingerprint density at radius 3 is 2.53 bits per heavy atom. The van der Waals surface area contributed by atoms with Crippen molar-refractivity contribution < 1.29 is 36.1 Å². The van der Waals surface area contributed by atoms with Crippen molar-refractivity contribution in [2.75, 3.05) is 24.5 Å². The molecule has 1 saturated heterocycles. The number of rotatable bonds is 7. The molecule has 11 nitrogen and oxygen atoms in total. The van der Waals surface area contributed by atoms with Crippen LogP contribution < -0.4 is 22.3 Å². The summed E-state index contributed by atoms with van der Waals surface area (Å²) >= 11 is 0. The highest BCUT2D eigenvalue weighted by molar-refractivity contribution is 5.94. The molecule has 1 fully saturated rings. The Labute approximate surface area is 210 Å². The van der Waals surface area contributed by atoms with Gasteiger partial charge in [-0.3, -0.25) is 4.90 Å². The average Bonchev–Trinajstić information content (AvgIpc) is 3.61. The van der Waals surface area contributed by atoms with E-state index in [2.05, 4.69) is 25.6 Å². The smallest absolute Gasteiger partial charge is 0.324 e. The number of quaternary nitrogens is 1. The zero-order valence-electron chi connectivity index (χ0n) is 19.0. The first-order valence-corrected chi connectivity index (χ1v) is 10.9. The molecule has 14 heteroatoms. The van der Waals surface area contributed by atoms with Crippen LogP contribution in [-0.2, 0) is 5.60 Å². The number of urea groups is 1. The topological polar surface area (TPSA) is 117 Å². The zero-order valence-corrected chi connectivity index (χ0v) is 19.8. The fourth-order valence-corrected chi connectivity index (χ4v) is 4.41. The monoisotopic (exact) mass is 517 g/mol. The van der Waals surface area contributed by atoms with Gasteiger partial charge < -0.3 is 22.4 Å². The number of nitrogens with one attached hydrogen (secondary N) is 1. The quantitative estimate of drug-likeness (QED) is 0.355. The van der Waals surface area contributed by atoms with Gasteiger partial charge in [0, 0.05) is 30.4 Å². The molecule has 0 saturated carbocycles. The van der Waals surface area contributed by atoms with Crippen LogP contribution in [0.5, 0.6) is 0 Å². The molecule has 188 valence electrons. The number of amides is 2. The van der Waals surface area contributed by atoms with Gasteiger partial charge in [0.05, 0.1) is 11.7 Å². The average molecular weight is 518 g/mol. The summed E-state index contributed by atoms with van der Waals surface area (Å²) < 4.78 is 29.9. The Bertz CT molecular complexity index is 1280. The van der Waals surface area contributed by atoms with Gasteiger partial charge in [-0.1, -0.05) is 5.10 Å². The zero-order chi connectivity index (χ0) is 24.6. The van der Waals surface area contributed by atoms with Gasteiger partial charge in [-0.15, -0.1) is 5.10 Å². The van der Waals surface area contributed by atoms with Crippen molar-refractivity contribution in [2.45, 2.75) is 18.6 Å². The van der Waals surface area contributed by atoms with Crippen molar-refractivity contribution in [3.63, 3.8) is 0 Å². The van der Waals surface area contributed by atoms with Crippen LogP contribution in [0.25, 0.3) is 5.69 Å². The summed E-state index contributed by atoms with van der Waals surface area (Å²) in [5.41, 5.74) is -0.616. The largest absolute Gasteiger partial charge is 1.00 e. The summed E-state index contributed by atoms with van der Waals surface area (Å²) in [7, 11) is 0. The van der Waals surface area contributed by atoms with E-state index < -0.39 is 23.3 Å². The predicted octanol–water partition coefficient (Wildman–Crippen LogP) is -2.67. The van der Waals surface area contributed by atoms with E-state index in [1.807, 2.05) is 0 Å². The highest BCUT2D eigenvalue weighted by Gasteiger charge is 2.48. The number of tetrazole rings is 1. The molecule has 3 atom stereocenters. The Morgan fingerprint density at radius 2 is 1.89 bits per heavy atom. The van der Waals surface area contributed by atoms with Gasteiger partial charge in [-0.25, -0.2) is 18.3 Å². The number of nitrogens with zero attached hydrogens (tertiary/aromatic N) is 8. The van der Waals surface area contributed by atoms with Crippen molar-refractivity contribution >= 4 is 24.4 Å². The second-order valence-electron chi connectivity index (χ2n) is 8.31. The van der Waals surface area contributed by atoms with Gasteiger partial charge in [-0.2, -0.15) is 10.0 Å². The van der Waals surface area contributed by atoms with Crippen LogP contribution in [0.3, 0.4) is 0 Å². The molecule has 2 aromatic carbocycles. The number of aliphatic hydroxyl groups is 1. The summed E-state index contributed by atoms with van der Waals surface area (Å²) in [5, 5.41) is 27.4. The summed E-state index contributed by atoms with van der Waals surface area (Å²) in [6, 6.07) is 8.90. The maximum absolute atomic E-state index is 14.8. The molecule has 36 heavy (non-hydrogen) atoms. The molecule has 2 aliphatic rings. The van der Waals surface area contributed by atoms with Gasteiger partial charge in [0.2, 0.25) is 6.34 Å². The van der Waals surface area contributed by atoms with Gasteiger partial charge in [0.1, 0.15) is 24.5 Å². The van der Waals surface area contributed by atoms with E-state index >= 15 is 0 Å². The van der Waals surface area contributed by atoms with E-state index in [4.69, 9.17) is 0 Å². The molecule has 3 aromatic rings. The van der Waals surface area contributed by atoms with Gasteiger partial charge >= 0.3 is 6.03 Å². The van der Waals surface area contributed by atoms with E-state index in [1.54, 1.807) is 36.1 Å². The molecule has 0 bridgehead atoms. The van der Waals surface area contributed by atoms with Crippen molar-refractivity contribution in [2.24, 2.45) is 10.1 Å². The standard InChI is InChI=1S/C22H21F2N9O2.ClH/c1-15(22(35,11-30-13-25-12-27-30)19-7-2-16(23)10-20(19)24)31-8-9-32(21(31)34)17-3-5-18(6-4-17)33-14-26-28-29-33;/h2-7,10,12-15,35H,8-9,11H2,1H3;1H/t15-,22-;/m1./s1. The van der Waals surface area contributed by atoms with Gasteiger partial charge in [0.15, 0.2) is 11.9 Å². The lowest BCUT2D eigenvalue weighted by Gasteiger charge is -2.38. The first-order valence-electron chi connectivity index (χ1n) is 10.9. The second-order valence-corrected chi connectivity index (χ2v) is 8.31. The lowest BCUT2D eigenvalue weighted by molar-refractivity contribution is -0.813. The van der Waals surface area contributed by atoms with Crippen molar-refractivity contribution in [1.29, 1.82) is 0 Å². The van der Waals surface area contributed by atoms with E-state index in [9.17, 15) is 18.7 Å². The van der Waals surface area contributed by atoms with Crippen molar-refractivity contribution in [3.05, 3.63) is 66.0 Å². The van der Waals surface area contributed by atoms with E-state index in [0.29, 0.717) is 29.9 Å². The number of anilines is 1. The third kappa shape index (κ3) is 4.55. The Hall–Kier alpha value is -3.81. The third-order valence-corrected chi connectivity index (χ3v) is 6.34. The fourth-order valence-electron chi connectivity index (χ4n) is 4.41. The summed E-state index contributed by atoms with van der Waals surface area (Å²) in [4.78, 5) is 20.4. The molecular formula is C22H22ClF2N9O2. The number of hydrogen-bond acceptors (Lipinski definition) is 7. The highest BCUT2D eigenvalue weighted by atomic mass is 35.5. The van der Waals surface area contributed by atoms with Crippen molar-refractivity contribution in [3.8, 4) is 5.69 Å². The SMILES string of the molecule is C[C@@H](N1CCN(c2ccc(-n3cnnn3)cc2)C1=O)[C@](O)(C[NH+]1C=NC=N1)c1ccc(F)cc1F.[Cl-]. The van der Waals surface area contributed by atoms with E-state index in [1.165, 1.54) is 34.7 Å². The minimum atomic E-state index is -1.88. The van der Waals surface area contributed by atoms with Crippen LogP contribution in [0.1, 0.15) is 12.5 Å². The molecule has 0 aliphatic carbocycles. The van der Waals surface area contributed by atoms with Crippen molar-refractivity contribution in [1.82, 2.24) is 25.1 Å². The molecule has 5 rings (SSSR count). The number of benzene rings is 2. The Balaban J connectivity index is 0.00000304. The number of carbonyl (C=O) groups excluding carboxylic acids is 1. The van der Waals surface area contributed by atoms with Crippen LogP contribution in [0.2, 0.25) is 0 Å². The molecule has 1 aromatic heterocycles. The van der Waals surface area contributed by atoms with Crippen LogP contribution in [0.4, 0.5) is 19.3 Å². The Kier molecular flexibility index (Phi) is 7.06. The molecule has 1 unspecified atom stereocenters. The minimum absolute atomic E-state index is 0. The summed E-state index contributed by atoms with van der Waals surface area (Å²) in [6.07, 6.45) is 4.25. The normalized spacial score (nSPS) is 19.4. The predicted molar refractivity (Wildman–Crippen MR) is 121 cm³/mol. The summed E-state index contributed by atoms with van der Waals surface area (Å²) in [5.74, 6) is -1.66. The minimum Gasteiger partial charge on any atom is -1.00 e. The number of hydrogen-bond donors (Lipinski definition) is 2. The molecular weight excluding hydrogens is 496 g/mol. The van der Waals surface area contributed by atoms with Crippen LogP contribution in [-0.4, -0.2) is 74.6 Å². The van der Waals surface area contributed by atoms with E-state index in [-0.39, 0.29) is 30.5 Å². The first kappa shape index (κ1) is 25.3. The lowest BCUT2D eigenvalue weighted by Crippen LogP contribution is -3.08. The molecule has 2 aliphatic heterocycles. The lowest BCUT2D eigenvalue weighted by atomic mass is 9.85. The molecule has 0 spiro atoms. The third-order valence-electron chi connectivity index (χ3n) is 6.34. The second kappa shape index (κ2) is 10.0. The van der Waals surface area contributed by atoms with Gasteiger partial charge in [0.25, 0.3) is 0 Å². The van der Waals surface area contributed by atoms with Crippen LogP contribution in [0, 0.1) is 11.6 Å². The molecule has 0 radical (unpaired) electrons. The van der Waals surface area contributed by atoms with Gasteiger partial charge in [-0.05, 0) is 53.7 Å².